The predicted octanol–water partition coefficient (Wildman–Crippen LogP) is 1.90. The number of carbonyl (C=O) groups is 1. The summed E-state index contributed by atoms with van der Waals surface area (Å²) in [6.45, 7) is 5.11. The lowest BCUT2D eigenvalue weighted by Crippen LogP contribution is -2.36. The molecule has 1 aromatic rings. The lowest BCUT2D eigenvalue weighted by molar-refractivity contribution is -0.149. The van der Waals surface area contributed by atoms with Gasteiger partial charge in [-0.25, -0.2) is 0 Å². The van der Waals surface area contributed by atoms with Crippen molar-refractivity contribution in [2.24, 2.45) is 5.92 Å². The molecule has 1 aliphatic rings. The van der Waals surface area contributed by atoms with Crippen LogP contribution in [0, 0.1) is 5.92 Å². The lowest BCUT2D eigenvalue weighted by Gasteiger charge is -2.31. The van der Waals surface area contributed by atoms with E-state index in [1.807, 2.05) is 32.4 Å². The fourth-order valence-corrected chi connectivity index (χ4v) is 2.61. The smallest absolute Gasteiger partial charge is 0.309 e. The van der Waals surface area contributed by atoms with E-state index in [-0.39, 0.29) is 11.9 Å². The minimum atomic E-state index is -0.0352. The number of rotatable bonds is 5. The summed E-state index contributed by atoms with van der Waals surface area (Å²) >= 11 is 0. The Morgan fingerprint density at radius 2 is 2.25 bits per heavy atom. The minimum Gasteiger partial charge on any atom is -0.466 e. The molecule has 1 aliphatic heterocycles. The second-order valence-electron chi connectivity index (χ2n) is 5.09. The van der Waals surface area contributed by atoms with Crippen molar-refractivity contribution in [1.29, 1.82) is 0 Å². The maximum absolute atomic E-state index is 11.7. The van der Waals surface area contributed by atoms with Crippen molar-refractivity contribution >= 4 is 11.7 Å². The molecule has 5 heteroatoms. The van der Waals surface area contributed by atoms with Crippen molar-refractivity contribution in [3.05, 3.63) is 24.0 Å². The second kappa shape index (κ2) is 7.24. The van der Waals surface area contributed by atoms with Crippen LogP contribution in [0.15, 0.2) is 18.5 Å². The number of piperidine rings is 1. The average Bonchev–Trinajstić information content (AvgIpc) is 2.49. The average molecular weight is 277 g/mol. The van der Waals surface area contributed by atoms with Crippen LogP contribution in [0.1, 0.15) is 25.3 Å². The van der Waals surface area contributed by atoms with Gasteiger partial charge in [-0.3, -0.25) is 14.7 Å². The van der Waals surface area contributed by atoms with E-state index >= 15 is 0 Å². The third-order valence-corrected chi connectivity index (χ3v) is 3.78. The van der Waals surface area contributed by atoms with E-state index in [1.54, 1.807) is 0 Å². The van der Waals surface area contributed by atoms with Gasteiger partial charge < -0.3 is 10.1 Å². The number of ether oxygens (including phenoxy) is 1. The molecule has 1 saturated heterocycles. The summed E-state index contributed by atoms with van der Waals surface area (Å²) in [6.07, 6.45) is 5.44. The number of aromatic nitrogens is 1. The summed E-state index contributed by atoms with van der Waals surface area (Å²) in [5.74, 6) is 0.0411. The number of anilines is 1. The van der Waals surface area contributed by atoms with Crippen LogP contribution in [0.4, 0.5) is 5.69 Å². The Hall–Kier alpha value is -1.62. The Morgan fingerprint density at radius 3 is 2.90 bits per heavy atom. The third kappa shape index (κ3) is 3.70. The highest BCUT2D eigenvalue weighted by molar-refractivity contribution is 5.72. The predicted molar refractivity (Wildman–Crippen MR) is 78.4 cm³/mol. The first-order valence-electron chi connectivity index (χ1n) is 7.24. The highest BCUT2D eigenvalue weighted by Crippen LogP contribution is 2.22. The molecule has 1 fully saturated rings. The van der Waals surface area contributed by atoms with Crippen LogP contribution in [0.3, 0.4) is 0 Å². The van der Waals surface area contributed by atoms with Crippen molar-refractivity contribution in [1.82, 2.24) is 9.88 Å². The molecular formula is C15H23N3O2. The molecule has 0 amide bonds. The normalized spacial score (nSPS) is 16.9. The first-order chi connectivity index (χ1) is 9.74. The molecule has 20 heavy (non-hydrogen) atoms. The first-order valence-corrected chi connectivity index (χ1v) is 7.24. The van der Waals surface area contributed by atoms with E-state index in [1.165, 1.54) is 5.56 Å². The molecular weight excluding hydrogens is 254 g/mol. The number of nitrogens with zero attached hydrogens (tertiary/aromatic N) is 2. The maximum atomic E-state index is 11.7. The number of hydrogen-bond acceptors (Lipinski definition) is 5. The van der Waals surface area contributed by atoms with E-state index in [4.69, 9.17) is 4.74 Å². The number of pyridine rings is 1. The van der Waals surface area contributed by atoms with Crippen molar-refractivity contribution < 1.29 is 9.53 Å². The van der Waals surface area contributed by atoms with Gasteiger partial charge in [0.1, 0.15) is 0 Å². The summed E-state index contributed by atoms with van der Waals surface area (Å²) in [7, 11) is 1.91. The molecule has 0 atom stereocenters. The summed E-state index contributed by atoms with van der Waals surface area (Å²) in [5, 5.41) is 3.17. The van der Waals surface area contributed by atoms with Gasteiger partial charge in [0.05, 0.1) is 24.4 Å². The highest BCUT2D eigenvalue weighted by atomic mass is 16.5. The minimum absolute atomic E-state index is 0.0352. The zero-order chi connectivity index (χ0) is 14.4. The van der Waals surface area contributed by atoms with Crippen molar-refractivity contribution in [3.8, 4) is 0 Å². The Balaban J connectivity index is 1.87. The van der Waals surface area contributed by atoms with Gasteiger partial charge >= 0.3 is 5.97 Å². The largest absolute Gasteiger partial charge is 0.466 e. The molecule has 5 nitrogen and oxygen atoms in total. The number of esters is 1. The molecule has 0 saturated carbocycles. The second-order valence-corrected chi connectivity index (χ2v) is 5.09. The quantitative estimate of drug-likeness (QED) is 0.833. The van der Waals surface area contributed by atoms with Crippen molar-refractivity contribution in [2.45, 2.75) is 26.3 Å². The van der Waals surface area contributed by atoms with Gasteiger partial charge in [0.2, 0.25) is 0 Å². The summed E-state index contributed by atoms with van der Waals surface area (Å²) in [5.41, 5.74) is 2.32. The Labute approximate surface area is 120 Å². The monoisotopic (exact) mass is 277 g/mol. The molecule has 0 unspecified atom stereocenters. The SMILES string of the molecule is CCOC(=O)C1CCN(Cc2ccncc2NC)CC1. The Bertz CT molecular complexity index is 442. The van der Waals surface area contributed by atoms with Crippen LogP contribution in [-0.4, -0.2) is 42.6 Å². The number of carbonyl (C=O) groups excluding carboxylic acids is 1. The van der Waals surface area contributed by atoms with Crippen LogP contribution < -0.4 is 5.32 Å². The summed E-state index contributed by atoms with van der Waals surface area (Å²) in [6, 6.07) is 2.04. The van der Waals surface area contributed by atoms with E-state index in [2.05, 4.69) is 15.2 Å². The van der Waals surface area contributed by atoms with Crippen molar-refractivity contribution in [3.63, 3.8) is 0 Å². The molecule has 2 rings (SSSR count). The summed E-state index contributed by atoms with van der Waals surface area (Å²) in [4.78, 5) is 18.2. The van der Waals surface area contributed by atoms with E-state index in [0.717, 1.165) is 38.2 Å². The van der Waals surface area contributed by atoms with Gasteiger partial charge in [-0.05, 0) is 44.5 Å². The fraction of sp³-hybridized carbons (Fsp3) is 0.600. The van der Waals surface area contributed by atoms with E-state index in [9.17, 15) is 4.79 Å². The molecule has 2 heterocycles. The highest BCUT2D eigenvalue weighted by Gasteiger charge is 2.26. The van der Waals surface area contributed by atoms with Crippen LogP contribution in [0.2, 0.25) is 0 Å². The number of nitrogens with one attached hydrogen (secondary N) is 1. The maximum Gasteiger partial charge on any atom is 0.309 e. The summed E-state index contributed by atoms with van der Waals surface area (Å²) < 4.78 is 5.10. The van der Waals surface area contributed by atoms with Crippen LogP contribution in [0.5, 0.6) is 0 Å². The molecule has 1 aromatic heterocycles. The number of likely N-dealkylation sites (tertiary alicyclic amines) is 1. The molecule has 1 N–H and O–H groups in total. The number of hydrogen-bond donors (Lipinski definition) is 1. The molecule has 0 spiro atoms. The molecule has 110 valence electrons. The van der Waals surface area contributed by atoms with Gasteiger partial charge in [0, 0.05) is 19.8 Å². The standard InChI is InChI=1S/C15H23N3O2/c1-3-20-15(19)12-5-8-18(9-6-12)11-13-4-7-17-10-14(13)16-2/h4,7,10,12,16H,3,5-6,8-9,11H2,1-2H3. The third-order valence-electron chi connectivity index (χ3n) is 3.78. The Morgan fingerprint density at radius 1 is 1.50 bits per heavy atom. The molecule has 0 bridgehead atoms. The van der Waals surface area contributed by atoms with Crippen LogP contribution in [-0.2, 0) is 16.1 Å². The first kappa shape index (κ1) is 14.8. The van der Waals surface area contributed by atoms with Gasteiger partial charge in [-0.15, -0.1) is 0 Å². The molecule has 0 radical (unpaired) electrons. The zero-order valence-electron chi connectivity index (χ0n) is 12.3. The van der Waals surface area contributed by atoms with Gasteiger partial charge in [-0.2, -0.15) is 0 Å². The van der Waals surface area contributed by atoms with Gasteiger partial charge in [0.25, 0.3) is 0 Å². The Kier molecular flexibility index (Phi) is 5.35. The lowest BCUT2D eigenvalue weighted by atomic mass is 9.96. The van der Waals surface area contributed by atoms with E-state index in [0.29, 0.717) is 6.61 Å². The fourth-order valence-electron chi connectivity index (χ4n) is 2.61. The van der Waals surface area contributed by atoms with E-state index < -0.39 is 0 Å². The van der Waals surface area contributed by atoms with Crippen LogP contribution >= 0.6 is 0 Å². The van der Waals surface area contributed by atoms with Crippen LogP contribution in [0.25, 0.3) is 0 Å². The molecule has 0 aromatic carbocycles. The van der Waals surface area contributed by atoms with Crippen molar-refractivity contribution in [2.75, 3.05) is 32.1 Å². The molecule has 0 aliphatic carbocycles. The topological polar surface area (TPSA) is 54.5 Å². The van der Waals surface area contributed by atoms with Gasteiger partial charge in [-0.1, -0.05) is 0 Å². The van der Waals surface area contributed by atoms with Gasteiger partial charge in [0.15, 0.2) is 0 Å². The zero-order valence-corrected chi connectivity index (χ0v) is 12.3.